The highest BCUT2D eigenvalue weighted by molar-refractivity contribution is 6.18. The molecule has 5 N–H and O–H groups in total. The number of rotatable bonds is 7. The largest absolute Gasteiger partial charge is 0.477 e. The number of pyridine rings is 3. The second-order valence-electron chi connectivity index (χ2n) is 10.7. The number of carboxylic acids is 1. The molecule has 0 saturated carbocycles. The Bertz CT molecular complexity index is 1970. The molecule has 0 aliphatic carbocycles. The number of carbonyl (C=O) groups is 1. The number of aromatic nitrogens is 4. The lowest BCUT2D eigenvalue weighted by atomic mass is 10.0. The number of β-amino-alcohol motifs (C(OH)–C–C–N with tert-alkyl or cyclic N) is 1. The summed E-state index contributed by atoms with van der Waals surface area (Å²) in [5.41, 5.74) is 1.71. The summed E-state index contributed by atoms with van der Waals surface area (Å²) in [5.74, 6) is -3.40. The van der Waals surface area contributed by atoms with Crippen molar-refractivity contribution in [3.63, 3.8) is 0 Å². The average Bonchev–Trinajstić information content (AvgIpc) is 3.37. The predicted molar refractivity (Wildman–Crippen MR) is 160 cm³/mol. The first-order chi connectivity index (χ1) is 20.6. The molecule has 1 aromatic carbocycles. The van der Waals surface area contributed by atoms with E-state index in [9.17, 15) is 24.2 Å². The molecule has 0 bridgehead atoms. The zero-order valence-electron chi connectivity index (χ0n) is 23.7. The molecule has 1 aliphatic heterocycles. The van der Waals surface area contributed by atoms with E-state index in [2.05, 4.69) is 25.6 Å². The molecule has 4 aromatic heterocycles. The van der Waals surface area contributed by atoms with Gasteiger partial charge in [0.25, 0.3) is 0 Å². The molecule has 1 unspecified atom stereocenters. The third kappa shape index (κ3) is 4.82. The maximum atomic E-state index is 15.3. The quantitative estimate of drug-likeness (QED) is 0.191. The highest BCUT2D eigenvalue weighted by atomic mass is 19.2. The maximum Gasteiger partial charge on any atom is 0.341 e. The average molecular weight is 593 g/mol. The lowest BCUT2D eigenvalue weighted by Crippen LogP contribution is -2.51. The Morgan fingerprint density at radius 2 is 1.98 bits per heavy atom. The first-order valence-electron chi connectivity index (χ1n) is 13.7. The van der Waals surface area contributed by atoms with Crippen LogP contribution in [0, 0.1) is 11.6 Å². The van der Waals surface area contributed by atoms with Crippen LogP contribution in [-0.2, 0) is 6.54 Å². The van der Waals surface area contributed by atoms with E-state index in [-0.39, 0.29) is 10.8 Å². The monoisotopic (exact) mass is 592 g/mol. The Morgan fingerprint density at radius 3 is 2.67 bits per heavy atom. The highest BCUT2D eigenvalue weighted by Crippen LogP contribution is 2.42. The Morgan fingerprint density at radius 1 is 1.19 bits per heavy atom. The molecule has 43 heavy (non-hydrogen) atoms. The molecule has 1 aliphatic rings. The normalized spacial score (nSPS) is 15.9. The van der Waals surface area contributed by atoms with Crippen LogP contribution in [0.2, 0.25) is 0 Å². The molecule has 1 fully saturated rings. The number of fused-ring (bicyclic) bond motifs is 4. The molecular weight excluding hydrogens is 562 g/mol. The summed E-state index contributed by atoms with van der Waals surface area (Å²) in [6.07, 6.45) is 3.74. The predicted octanol–water partition coefficient (Wildman–Crippen LogP) is 2.40. The van der Waals surface area contributed by atoms with Crippen LogP contribution in [0.4, 0.5) is 20.2 Å². The number of aromatic amines is 1. The van der Waals surface area contributed by atoms with E-state index >= 15 is 4.39 Å². The molecule has 1 saturated heterocycles. The van der Waals surface area contributed by atoms with Gasteiger partial charge >= 0.3 is 5.97 Å². The standard InChI is InChI=1S/C29H30F2N8O4/c1-32-19-9-18(30)23(31)21-22-25(37(2)3)16(11-34-27(22)36-24(19)21)14-8-15-26(41)17(29(42)43)12-39(28(15)35-10-14)7-6-38-5-4-33-20(40)13-38/h8-12,20,32-33,40H,4-7,13H2,1-3H3,(H,34,36)(H,42,43). The van der Waals surface area contributed by atoms with Gasteiger partial charge in [-0.1, -0.05) is 0 Å². The second kappa shape index (κ2) is 10.9. The van der Waals surface area contributed by atoms with Crippen molar-refractivity contribution in [2.24, 2.45) is 0 Å². The zero-order valence-corrected chi connectivity index (χ0v) is 23.7. The number of H-pyrrole nitrogens is 1. The number of hydrogen-bond acceptors (Lipinski definition) is 9. The van der Waals surface area contributed by atoms with Gasteiger partial charge in [-0.2, -0.15) is 0 Å². The Balaban J connectivity index is 1.54. The number of nitrogens with zero attached hydrogens (tertiary/aromatic N) is 5. The van der Waals surface area contributed by atoms with E-state index in [4.69, 9.17) is 0 Å². The van der Waals surface area contributed by atoms with E-state index < -0.39 is 34.8 Å². The second-order valence-corrected chi connectivity index (χ2v) is 10.7. The number of aliphatic hydroxyl groups is 1. The Hall–Kier alpha value is -4.66. The van der Waals surface area contributed by atoms with E-state index in [1.165, 1.54) is 6.20 Å². The van der Waals surface area contributed by atoms with Gasteiger partial charge in [0, 0.05) is 89.7 Å². The minimum absolute atomic E-state index is 0.0275. The van der Waals surface area contributed by atoms with Gasteiger partial charge in [0.2, 0.25) is 5.43 Å². The first kappa shape index (κ1) is 28.5. The van der Waals surface area contributed by atoms with E-state index in [1.54, 1.807) is 49.1 Å². The number of anilines is 2. The smallest absolute Gasteiger partial charge is 0.341 e. The number of aliphatic hydroxyl groups excluding tert-OH is 1. The molecule has 6 rings (SSSR count). The fourth-order valence-electron chi connectivity index (χ4n) is 5.80. The van der Waals surface area contributed by atoms with Crippen molar-refractivity contribution < 1.29 is 23.8 Å². The lowest BCUT2D eigenvalue weighted by molar-refractivity contribution is 0.0532. The molecule has 14 heteroatoms. The van der Waals surface area contributed by atoms with Gasteiger partial charge < -0.3 is 30.0 Å². The summed E-state index contributed by atoms with van der Waals surface area (Å²) >= 11 is 0. The van der Waals surface area contributed by atoms with Crippen LogP contribution >= 0.6 is 0 Å². The van der Waals surface area contributed by atoms with Crippen molar-refractivity contribution in [2.75, 3.05) is 57.5 Å². The van der Waals surface area contributed by atoms with Crippen LogP contribution in [0.25, 0.3) is 44.1 Å². The summed E-state index contributed by atoms with van der Waals surface area (Å²) in [5, 5.41) is 26.0. The van der Waals surface area contributed by atoms with Crippen LogP contribution < -0.4 is 21.0 Å². The molecule has 12 nitrogen and oxygen atoms in total. The fraction of sp³-hybridized carbons (Fsp3) is 0.310. The number of halogens is 2. The number of aromatic carboxylic acids is 1. The molecule has 0 radical (unpaired) electrons. The number of piperazine rings is 1. The molecule has 5 aromatic rings. The van der Waals surface area contributed by atoms with Crippen LogP contribution in [0.3, 0.4) is 0 Å². The van der Waals surface area contributed by atoms with Gasteiger partial charge in [-0.15, -0.1) is 0 Å². The summed E-state index contributed by atoms with van der Waals surface area (Å²) in [6.45, 7) is 2.57. The third-order valence-corrected chi connectivity index (χ3v) is 7.83. The van der Waals surface area contributed by atoms with Gasteiger partial charge in [-0.3, -0.25) is 15.0 Å². The van der Waals surface area contributed by atoms with E-state index in [0.29, 0.717) is 77.4 Å². The Labute approximate surface area is 243 Å². The maximum absolute atomic E-state index is 15.3. The van der Waals surface area contributed by atoms with Crippen molar-refractivity contribution >= 4 is 50.3 Å². The third-order valence-electron chi connectivity index (χ3n) is 7.83. The minimum atomic E-state index is -1.36. The summed E-state index contributed by atoms with van der Waals surface area (Å²) < 4.78 is 31.6. The van der Waals surface area contributed by atoms with Gasteiger partial charge in [0.15, 0.2) is 11.6 Å². The highest BCUT2D eigenvalue weighted by Gasteiger charge is 2.24. The molecule has 5 heterocycles. The number of hydrogen-bond donors (Lipinski definition) is 5. The summed E-state index contributed by atoms with van der Waals surface area (Å²) in [6, 6.07) is 2.63. The van der Waals surface area contributed by atoms with Crippen LogP contribution in [-0.4, -0.2) is 94.2 Å². The Kier molecular flexibility index (Phi) is 7.20. The zero-order chi connectivity index (χ0) is 30.6. The molecular formula is C29H30F2N8O4. The number of benzene rings is 1. The van der Waals surface area contributed by atoms with Crippen LogP contribution in [0.15, 0.2) is 35.5 Å². The molecule has 0 spiro atoms. The van der Waals surface area contributed by atoms with Crippen LogP contribution in [0.5, 0.6) is 0 Å². The van der Waals surface area contributed by atoms with E-state index in [0.717, 1.165) is 6.07 Å². The lowest BCUT2D eigenvalue weighted by Gasteiger charge is -2.31. The van der Waals surface area contributed by atoms with Gasteiger partial charge in [-0.25, -0.2) is 23.5 Å². The SMILES string of the molecule is CNc1cc(F)c(F)c2c1[nH]c1ncc(-c3cnc4c(c3)c(=O)c(C(=O)O)cn4CCN3CCNC(O)C3)c(N(C)C)c12. The van der Waals surface area contributed by atoms with Gasteiger partial charge in [0.05, 0.1) is 33.1 Å². The fourth-order valence-corrected chi connectivity index (χ4v) is 5.80. The van der Waals surface area contributed by atoms with Gasteiger partial charge in [-0.05, 0) is 6.07 Å². The van der Waals surface area contributed by atoms with Gasteiger partial charge in [0.1, 0.15) is 23.1 Å². The number of carboxylic acid groups (broad SMARTS) is 1. The first-order valence-corrected chi connectivity index (χ1v) is 13.7. The summed E-state index contributed by atoms with van der Waals surface area (Å²) in [7, 11) is 5.12. The van der Waals surface area contributed by atoms with E-state index in [1.807, 2.05) is 4.90 Å². The minimum Gasteiger partial charge on any atom is -0.477 e. The molecule has 0 amide bonds. The summed E-state index contributed by atoms with van der Waals surface area (Å²) in [4.78, 5) is 41.3. The number of nitrogens with one attached hydrogen (secondary N) is 3. The van der Waals surface area contributed by atoms with Crippen molar-refractivity contribution in [3.8, 4) is 11.1 Å². The van der Waals surface area contributed by atoms with Crippen molar-refractivity contribution in [2.45, 2.75) is 12.8 Å². The van der Waals surface area contributed by atoms with Crippen molar-refractivity contribution in [1.29, 1.82) is 0 Å². The topological polar surface area (TPSA) is 152 Å². The molecule has 1 atom stereocenters. The van der Waals surface area contributed by atoms with Crippen molar-refractivity contribution in [1.82, 2.24) is 29.7 Å². The van der Waals surface area contributed by atoms with Crippen molar-refractivity contribution in [3.05, 3.63) is 58.1 Å². The van der Waals surface area contributed by atoms with Crippen LogP contribution in [0.1, 0.15) is 10.4 Å². The molecule has 224 valence electrons.